The van der Waals surface area contributed by atoms with Crippen LogP contribution >= 0.6 is 57.8 Å². The number of nitrogens with zero attached hydrogens (tertiary/aromatic N) is 11. The lowest BCUT2D eigenvalue weighted by molar-refractivity contribution is -0.138. The van der Waals surface area contributed by atoms with Crippen molar-refractivity contribution in [1.29, 1.82) is 0 Å². The SMILES string of the molecule is COc1ncc(-c2ccc3c(c2)c(C(C)=O)nn3CC(=O)N2C[C@H]3C[C@H]3[C@H]2C(=O)Nc2nc(Br)ccc2C)cn1.COc1ncc(-c2ccc3c(c2)c(C(C)=O)nn3CC(=O)O)cn1.Cc1ccc(Br)nc1NC(=O)[C@H]1NC[C@H]2C[C@H]21.Cl.S.S=S. The largest absolute Gasteiger partial charge is 0.480 e. The number of Topliss-reactive ketones (excluding diaryl/α,β-unsaturated/α-hetero) is 2. The first-order chi connectivity index (χ1) is 39.9. The molecule has 2 saturated carbocycles. The third-order valence-corrected chi connectivity index (χ3v) is 15.5. The zero-order chi connectivity index (χ0) is 59.4. The third-order valence-electron chi connectivity index (χ3n) is 14.7. The van der Waals surface area contributed by atoms with Crippen molar-refractivity contribution >= 4 is 149 Å². The molecule has 6 aromatic heterocycles. The number of pyridine rings is 2. The Labute approximate surface area is 527 Å². The van der Waals surface area contributed by atoms with Gasteiger partial charge in [0.15, 0.2) is 11.6 Å². The topological polar surface area (TPSA) is 293 Å². The highest BCUT2D eigenvalue weighted by molar-refractivity contribution is 9.10. The van der Waals surface area contributed by atoms with E-state index in [0.717, 1.165) is 56.9 Å². The number of methoxy groups -OCH3 is 2. The number of ether oxygens (including phenoxy) is 2. The minimum absolute atomic E-state index is 0. The maximum absolute atomic E-state index is 13.6. The number of nitrogens with one attached hydrogen (secondary N) is 3. The van der Waals surface area contributed by atoms with Crippen LogP contribution in [-0.2, 0) is 54.6 Å². The molecule has 6 atom stereocenters. The number of benzene rings is 2. The van der Waals surface area contributed by atoms with E-state index in [1.807, 2.05) is 56.3 Å². The second-order valence-corrected chi connectivity index (χ2v) is 21.8. The summed E-state index contributed by atoms with van der Waals surface area (Å²) in [6, 6.07) is 18.3. The lowest BCUT2D eigenvalue weighted by atomic mass is 10.0. The Morgan fingerprint density at radius 1 is 0.659 bits per heavy atom. The standard InChI is InChI=1S/C28H26BrN7O4.C16H14N4O4.C12H14BrN3O.ClH.S2.H2S/c1-14-4-7-22(29)32-26(14)33-27(39)25-19-9-17(19)12-35(25)23(38)13-36-21-6-5-16(8-20(21)24(34-36)15(2)37)18-10-30-28(40-3)31-11-18;1-9(21)15-12-5-10(11-6-17-16(24-2)18-7-11)3-4-13(12)20(19-15)8-14(22)23;1-6-2-3-9(13)15-11(6)16-12(17)10-8-4-7(8)5-14-10;;1-2;/h4-8,10-11,17,19,25H,9,12-13H2,1-3H3,(H,32,33,39);3-7H,8H2,1-2H3,(H,22,23);2-3,7-8,10,14H,4-5H2,1H3,(H,15,16,17);1H;;1H2/t17-,19-,25+;;7-,8-,10+;;;/m1.1.../s1. The van der Waals surface area contributed by atoms with Crippen LogP contribution in [0.4, 0.5) is 11.6 Å². The number of aryl methyl sites for hydroxylation is 2. The fourth-order valence-electron chi connectivity index (χ4n) is 10.3. The van der Waals surface area contributed by atoms with Crippen LogP contribution in [0, 0.1) is 37.5 Å². The van der Waals surface area contributed by atoms with E-state index in [4.69, 9.17) is 14.6 Å². The molecule has 2 aliphatic carbocycles. The first kappa shape index (κ1) is 65.2. The van der Waals surface area contributed by atoms with E-state index in [0.29, 0.717) is 56.4 Å². The summed E-state index contributed by atoms with van der Waals surface area (Å²) in [5.74, 6) is 0.944. The van der Waals surface area contributed by atoms with Crippen LogP contribution in [0.5, 0.6) is 12.0 Å². The predicted molar refractivity (Wildman–Crippen MR) is 336 cm³/mol. The molecule has 23 nitrogen and oxygen atoms in total. The number of rotatable bonds is 14. The number of carboxylic acid groups (broad SMARTS) is 1. The molecule has 2 aromatic carbocycles. The average Bonchev–Trinajstić information content (AvgIpc) is 3.05. The molecule has 4 aliphatic rings. The number of likely N-dealkylation sites (tertiary alicyclic amines) is 1. The maximum atomic E-state index is 13.6. The van der Waals surface area contributed by atoms with Crippen molar-refractivity contribution in [1.82, 2.24) is 59.7 Å². The molecule has 8 heterocycles. The van der Waals surface area contributed by atoms with E-state index in [9.17, 15) is 28.8 Å². The fourth-order valence-corrected chi connectivity index (χ4v) is 10.9. The fraction of sp³-hybridized carbons (Fsp3) is 0.321. The third kappa shape index (κ3) is 14.8. The van der Waals surface area contributed by atoms with Crippen LogP contribution in [0.15, 0.2) is 94.7 Å². The lowest BCUT2D eigenvalue weighted by Crippen LogP contribution is -2.47. The first-order valence-electron chi connectivity index (χ1n) is 25.9. The first-order valence-corrected chi connectivity index (χ1v) is 28.8. The number of fused-ring (bicyclic) bond motifs is 4. The van der Waals surface area contributed by atoms with E-state index in [1.165, 1.54) is 39.2 Å². The molecule has 2 saturated heterocycles. The molecule has 4 fully saturated rings. The van der Waals surface area contributed by atoms with E-state index in [2.05, 4.69) is 110 Å². The zero-order valence-corrected chi connectivity index (χ0v) is 53.0. The van der Waals surface area contributed by atoms with Crippen LogP contribution in [0.1, 0.15) is 58.8 Å². The number of carbonyl (C=O) groups excluding carboxylic acids is 5. The summed E-state index contributed by atoms with van der Waals surface area (Å²) in [5, 5.41) is 27.9. The number of halogens is 3. The van der Waals surface area contributed by atoms with E-state index in [-0.39, 0.29) is 104 Å². The summed E-state index contributed by atoms with van der Waals surface area (Å²) in [7, 11) is 2.98. The van der Waals surface area contributed by atoms with Gasteiger partial charge >= 0.3 is 18.0 Å². The molecule has 29 heteroatoms. The van der Waals surface area contributed by atoms with Gasteiger partial charge in [-0.15, -0.1) is 12.4 Å². The monoisotopic (exact) mass is 1360 g/mol. The minimum atomic E-state index is -1.03. The van der Waals surface area contributed by atoms with Crippen molar-refractivity contribution in [3.63, 3.8) is 0 Å². The molecule has 0 radical (unpaired) electrons. The van der Waals surface area contributed by atoms with E-state index < -0.39 is 12.0 Å². The second-order valence-electron chi connectivity index (χ2n) is 20.2. The molecule has 0 spiro atoms. The Kier molecular flexibility index (Phi) is 21.7. The molecule has 12 rings (SSSR count). The van der Waals surface area contributed by atoms with Crippen molar-refractivity contribution in [2.45, 2.75) is 65.7 Å². The molecule has 0 bridgehead atoms. The summed E-state index contributed by atoms with van der Waals surface area (Å²) in [5.41, 5.74) is 6.65. The molecular weight excluding hydrogens is 1300 g/mol. The van der Waals surface area contributed by atoms with Gasteiger partial charge in [0.1, 0.15) is 51.4 Å². The number of carboxylic acids is 1. The summed E-state index contributed by atoms with van der Waals surface area (Å²) in [4.78, 5) is 101. The van der Waals surface area contributed by atoms with Gasteiger partial charge in [-0.1, -0.05) is 24.3 Å². The number of carbonyl (C=O) groups is 6. The molecule has 4 N–H and O–H groups in total. The van der Waals surface area contributed by atoms with Crippen molar-refractivity contribution in [2.24, 2.45) is 23.7 Å². The van der Waals surface area contributed by atoms with Gasteiger partial charge in [-0.3, -0.25) is 38.1 Å². The van der Waals surface area contributed by atoms with Gasteiger partial charge < -0.3 is 35.4 Å². The van der Waals surface area contributed by atoms with E-state index in [1.54, 1.807) is 52.6 Å². The summed E-state index contributed by atoms with van der Waals surface area (Å²) in [6.07, 6.45) is 8.62. The molecule has 8 aromatic rings. The number of anilines is 2. The number of aromatic nitrogens is 10. The summed E-state index contributed by atoms with van der Waals surface area (Å²) in [6.45, 7) is 7.76. The summed E-state index contributed by atoms with van der Waals surface area (Å²) < 4.78 is 14.2. The maximum Gasteiger partial charge on any atom is 0.325 e. The molecule has 0 unspecified atom stereocenters. The average molecular weight is 1360 g/mol. The second kappa shape index (κ2) is 28.2. The Morgan fingerprint density at radius 3 is 1.54 bits per heavy atom. The minimum Gasteiger partial charge on any atom is -0.480 e. The Balaban J connectivity index is 0.000000195. The van der Waals surface area contributed by atoms with Crippen LogP contribution in [-0.4, -0.2) is 134 Å². The lowest BCUT2D eigenvalue weighted by Gasteiger charge is -2.27. The number of piperidine rings is 2. The Hall–Kier alpha value is -7.34. The molecule has 3 amide bonds. The van der Waals surface area contributed by atoms with Gasteiger partial charge in [0.05, 0.1) is 31.3 Å². The van der Waals surface area contributed by atoms with Gasteiger partial charge in [-0.05, 0) is 147 Å². The molecular formula is C56H57Br2ClN14O9S3. The Morgan fingerprint density at radius 2 is 1.12 bits per heavy atom. The number of ketones is 2. The van der Waals surface area contributed by atoms with Crippen molar-refractivity contribution in [2.75, 3.05) is 37.9 Å². The van der Waals surface area contributed by atoms with Crippen LogP contribution < -0.4 is 25.4 Å². The number of hydrogen-bond acceptors (Lipinski definition) is 19. The van der Waals surface area contributed by atoms with Gasteiger partial charge in [0.25, 0.3) is 0 Å². The van der Waals surface area contributed by atoms with Crippen molar-refractivity contribution in [3.8, 4) is 34.3 Å². The van der Waals surface area contributed by atoms with Crippen molar-refractivity contribution < 1.29 is 43.3 Å². The quantitative estimate of drug-likeness (QED) is 0.0599. The smallest absolute Gasteiger partial charge is 0.325 e. The Bertz CT molecular complexity index is 3840. The molecule has 2 aliphatic heterocycles. The molecule has 85 heavy (non-hydrogen) atoms. The number of hydrogen-bond donors (Lipinski definition) is 4. The van der Waals surface area contributed by atoms with Gasteiger partial charge in [0.2, 0.25) is 17.7 Å². The van der Waals surface area contributed by atoms with Crippen LogP contribution in [0.2, 0.25) is 0 Å². The molecule has 444 valence electrons. The number of aliphatic carboxylic acids is 1. The predicted octanol–water partition coefficient (Wildman–Crippen LogP) is 7.67. The highest BCUT2D eigenvalue weighted by Crippen LogP contribution is 2.50. The summed E-state index contributed by atoms with van der Waals surface area (Å²) >= 11 is 14.0. The van der Waals surface area contributed by atoms with Gasteiger partial charge in [-0.25, -0.2) is 29.9 Å². The number of amides is 3. The zero-order valence-electron chi connectivity index (χ0n) is 46.4. The van der Waals surface area contributed by atoms with Gasteiger partial charge in [-0.2, -0.15) is 23.7 Å². The van der Waals surface area contributed by atoms with Crippen molar-refractivity contribution in [3.05, 3.63) is 117 Å². The highest BCUT2D eigenvalue weighted by atomic mass is 79.9. The highest BCUT2D eigenvalue weighted by Gasteiger charge is 2.57. The van der Waals surface area contributed by atoms with Crippen LogP contribution in [0.3, 0.4) is 0 Å². The normalized spacial score (nSPS) is 18.2. The van der Waals surface area contributed by atoms with E-state index >= 15 is 0 Å². The van der Waals surface area contributed by atoms with Gasteiger partial charge in [0, 0.05) is 89.5 Å². The van der Waals surface area contributed by atoms with Crippen LogP contribution in [0.25, 0.3) is 44.1 Å².